The summed E-state index contributed by atoms with van der Waals surface area (Å²) in [5, 5.41) is 131. The molecule has 0 saturated heterocycles. The Morgan fingerprint density at radius 3 is 0.713 bits per heavy atom. The Bertz CT molecular complexity index is 5080. The monoisotopic (exact) mass is 2010 g/mol. The molecule has 0 aromatic heterocycles. The minimum Gasteiger partial charge on any atom is -0.395 e. The highest BCUT2D eigenvalue weighted by Gasteiger charge is 2.37. The third-order valence-electron chi connectivity index (χ3n) is 23.4. The van der Waals surface area contributed by atoms with E-state index >= 15 is 0 Å². The summed E-state index contributed by atoms with van der Waals surface area (Å²) < 4.78 is 0. The Kier molecular flexibility index (Phi) is 46.6. The molecule has 0 spiro atoms. The van der Waals surface area contributed by atoms with Crippen molar-refractivity contribution in [1.29, 1.82) is 0 Å². The number of nitrogens with zero attached hydrogens (tertiary/aromatic N) is 6. The molecule has 1 unspecified atom stereocenters. The molecule has 0 aliphatic rings. The lowest BCUT2D eigenvalue weighted by atomic mass is 9.81. The van der Waals surface area contributed by atoms with E-state index in [1.165, 1.54) is 11.1 Å². The third-order valence-corrected chi connectivity index (χ3v) is 26.5. The number of halogens is 8. The second-order valence-corrected chi connectivity index (χ2v) is 35.8. The van der Waals surface area contributed by atoms with Gasteiger partial charge in [0.25, 0.3) is 0 Å². The highest BCUT2D eigenvalue weighted by Crippen LogP contribution is 2.49. The maximum atomic E-state index is 9.54. The van der Waals surface area contributed by atoms with Crippen LogP contribution in [-0.4, -0.2) is 244 Å². The van der Waals surface area contributed by atoms with Gasteiger partial charge in [-0.15, -0.1) is 23.2 Å². The van der Waals surface area contributed by atoms with Gasteiger partial charge in [-0.25, -0.2) is 0 Å². The highest BCUT2D eigenvalue weighted by atomic mass is 35.5. The lowest BCUT2D eigenvalue weighted by Gasteiger charge is -2.31. The van der Waals surface area contributed by atoms with E-state index in [2.05, 4.69) is 78.8 Å². The Morgan fingerprint density at radius 2 is 0.463 bits per heavy atom. The molecule has 1 atom stereocenters. The smallest absolute Gasteiger partial charge is 0.119 e. The van der Waals surface area contributed by atoms with Crippen LogP contribution < -0.4 is 40.0 Å². The molecule has 0 aliphatic heterocycles. The first-order valence-electron chi connectivity index (χ1n) is 45.4. The number of hydrogen-bond donors (Lipinski definition) is 15. The molecule has 12 aromatic rings. The molecule has 0 aliphatic carbocycles. The van der Waals surface area contributed by atoms with Crippen LogP contribution in [0, 0.1) is 13.8 Å². The minimum atomic E-state index is -1.00. The summed E-state index contributed by atoms with van der Waals surface area (Å²) >= 11 is 54.1. The first kappa shape index (κ1) is 110. The fourth-order valence-corrected chi connectivity index (χ4v) is 18.8. The van der Waals surface area contributed by atoms with E-state index in [1.54, 1.807) is 0 Å². The van der Waals surface area contributed by atoms with Crippen molar-refractivity contribution in [1.82, 2.24) is 0 Å². The van der Waals surface area contributed by atoms with Gasteiger partial charge in [0.1, 0.15) is 9.75 Å². The van der Waals surface area contributed by atoms with Crippen LogP contribution in [0.15, 0.2) is 267 Å². The highest BCUT2D eigenvalue weighted by molar-refractivity contribution is 6.34. The van der Waals surface area contributed by atoms with Crippen molar-refractivity contribution < 1.29 is 66.4 Å². The summed E-state index contributed by atoms with van der Waals surface area (Å²) in [6, 6.07) is 86.0. The fraction of sp³-hybridized carbons (Fsp3) is 0.327. The quantitative estimate of drug-likeness (QED) is 0.0124. The summed E-state index contributed by atoms with van der Waals surface area (Å²) in [6.07, 6.45) is 1.01. The van der Waals surface area contributed by atoms with E-state index < -0.39 is 9.75 Å². The first-order valence-corrected chi connectivity index (χ1v) is 48.5. The van der Waals surface area contributed by atoms with Crippen LogP contribution in [0.1, 0.15) is 103 Å². The van der Waals surface area contributed by atoms with Crippen molar-refractivity contribution in [2.24, 2.45) is 0 Å². The number of aryl methyl sites for hydroxylation is 2. The van der Waals surface area contributed by atoms with Crippen molar-refractivity contribution in [3.63, 3.8) is 0 Å². The van der Waals surface area contributed by atoms with Gasteiger partial charge in [0, 0.05) is 179 Å². The van der Waals surface area contributed by atoms with Crippen molar-refractivity contribution >= 4 is 138 Å². The first-order chi connectivity index (χ1) is 65.9. The van der Waals surface area contributed by atoms with Crippen LogP contribution >= 0.6 is 92.8 Å². The van der Waals surface area contributed by atoms with E-state index in [0.717, 1.165) is 130 Å². The number of rotatable bonds is 48. The van der Waals surface area contributed by atoms with Crippen molar-refractivity contribution in [2.45, 2.75) is 48.8 Å². The zero-order valence-electron chi connectivity index (χ0n) is 76.9. The lowest BCUT2D eigenvalue weighted by molar-refractivity contribution is 0.280. The Morgan fingerprint density at radius 1 is 0.243 bits per heavy atom. The van der Waals surface area contributed by atoms with Gasteiger partial charge in [-0.05, 0) is 232 Å². The molecule has 29 heteroatoms. The normalized spacial score (nSPS) is 11.5. The predicted octanol–water partition coefficient (Wildman–Crippen LogP) is 17.7. The van der Waals surface area contributed by atoms with Crippen LogP contribution in [0.2, 0.25) is 30.1 Å². The third kappa shape index (κ3) is 29.9. The Hall–Kier alpha value is -9.16. The van der Waals surface area contributed by atoms with Crippen LogP contribution in [0.5, 0.6) is 0 Å². The van der Waals surface area contributed by atoms with Crippen molar-refractivity contribution in [3.8, 4) is 0 Å². The minimum absolute atomic E-state index is 0.0120. The summed E-state index contributed by atoms with van der Waals surface area (Å²) in [7, 11) is 0. The number of anilines is 8. The van der Waals surface area contributed by atoms with E-state index in [1.807, 2.05) is 249 Å². The molecule has 0 heterocycles. The molecule has 0 amide bonds. The van der Waals surface area contributed by atoms with E-state index in [4.69, 9.17) is 103 Å². The standard InChI is InChI=1S/C30H39ClN2O3.C27H31Cl3N2O4.C27H32Cl2N2O4.C23H24Cl2N2O2/c1-4-13-32(14-17-34)24-9-11-26(22(2)20-24)30(28-7-5-6-8-29(28)31)27-12-10-25(21-23(27)3)33(15-18-35)16-19-36;28-24-4-2-1-3-21(24)27(22-7-5-19(17-25(22)29)31(9-13-33)10-14-34)23-8-6-20(18-26(23)30)32(11-15-35)12-16-36;28-24-7-1-21(2-8-24)27(29,22-3-9-25(10-4-22)30(13-17-32)14-18-33)23-5-11-26(12-6-23)31(15-19-34)16-20-35;24-20-7-1-17(2-8-20)23(25,18-3-9-21(10-4-18)26-13-15-28)19-5-11-22(12-6-19)27-14-16-29/h5-12,20-21,30,34-36H,4,13-19H2,1-3H3;1-8,17-18,27,33-36H,9-16H2;1-12,32-35H,13-20H2;1-12,26-29H,13-16H2. The second kappa shape index (κ2) is 57.4. The summed E-state index contributed by atoms with van der Waals surface area (Å²) in [5.74, 6) is -0.418. The average molecular weight is 2020 g/mol. The van der Waals surface area contributed by atoms with Crippen LogP contribution in [0.25, 0.3) is 0 Å². The number of aliphatic hydroxyl groups excluding tert-OH is 13. The molecule has 0 bridgehead atoms. The molecule has 21 nitrogen and oxygen atoms in total. The number of nitrogens with one attached hydrogen (secondary N) is 2. The average Bonchev–Trinajstić information content (AvgIpc) is 0.889. The van der Waals surface area contributed by atoms with Gasteiger partial charge >= 0.3 is 0 Å². The number of aliphatic hydroxyl groups is 13. The number of alkyl halides is 2. The molecule has 0 radical (unpaired) electrons. The topological polar surface area (TPSA) is 306 Å². The van der Waals surface area contributed by atoms with Gasteiger partial charge in [-0.1, -0.05) is 210 Å². The Balaban J connectivity index is 0.000000204. The molecule has 0 saturated carbocycles. The van der Waals surface area contributed by atoms with Crippen molar-refractivity contribution in [2.75, 3.05) is 218 Å². The number of benzene rings is 12. The molecule has 12 rings (SSSR count). The maximum absolute atomic E-state index is 9.54. The van der Waals surface area contributed by atoms with Crippen LogP contribution in [0.4, 0.5) is 45.5 Å². The zero-order valence-corrected chi connectivity index (χ0v) is 82.9. The molecular weight excluding hydrogens is 1890 g/mol. The Labute approximate surface area is 839 Å². The van der Waals surface area contributed by atoms with E-state index in [9.17, 15) is 56.2 Å². The zero-order chi connectivity index (χ0) is 98.1. The molecule has 136 heavy (non-hydrogen) atoms. The summed E-state index contributed by atoms with van der Waals surface area (Å²) in [5.41, 5.74) is 20.7. The van der Waals surface area contributed by atoms with Gasteiger partial charge in [0.15, 0.2) is 0 Å². The molecule has 15 N–H and O–H groups in total. The fourth-order valence-electron chi connectivity index (χ4n) is 16.7. The van der Waals surface area contributed by atoms with Gasteiger partial charge in [-0.2, -0.15) is 0 Å². The largest absolute Gasteiger partial charge is 0.395 e. The summed E-state index contributed by atoms with van der Waals surface area (Å²) in [4.78, 5) is 9.86. The van der Waals surface area contributed by atoms with Gasteiger partial charge in [0.2, 0.25) is 0 Å². The molecule has 12 aromatic carbocycles. The second-order valence-electron chi connectivity index (χ2n) is 32.2. The maximum Gasteiger partial charge on any atom is 0.119 e. The predicted molar refractivity (Wildman–Crippen MR) is 563 cm³/mol. The number of hydrogen-bond acceptors (Lipinski definition) is 21. The van der Waals surface area contributed by atoms with Gasteiger partial charge in [-0.3, -0.25) is 0 Å². The van der Waals surface area contributed by atoms with E-state index in [0.29, 0.717) is 110 Å². The summed E-state index contributed by atoms with van der Waals surface area (Å²) in [6.45, 7) is 13.1. The van der Waals surface area contributed by atoms with Gasteiger partial charge in [0.05, 0.1) is 85.9 Å². The SMILES string of the molecule is CCCN(CCO)c1ccc(C(c2ccc(N(CCO)CCO)cc2C)c2ccccc2Cl)c(C)c1.OCCN(CCO)c1ccc(C(Cl)(c2ccc(Cl)cc2)c2ccc(N(CCO)CCO)cc2)cc1.OCCN(CCO)c1ccc(C(c2ccccc2Cl)c2ccc(N(CCO)CCO)cc2Cl)c(Cl)c1.OCCNc1ccc(C(Cl)(c2ccc(Cl)cc2)c2ccc(NCCO)cc2)cc1. The molecule has 0 fully saturated rings. The molecule has 728 valence electrons. The molecular formula is C107H126Cl8N8O13. The van der Waals surface area contributed by atoms with Crippen molar-refractivity contribution in [3.05, 3.63) is 375 Å². The van der Waals surface area contributed by atoms with Gasteiger partial charge < -0.3 is 106 Å². The van der Waals surface area contributed by atoms with E-state index in [-0.39, 0.29) is 97.7 Å². The van der Waals surface area contributed by atoms with Crippen LogP contribution in [0.3, 0.4) is 0 Å². The lowest BCUT2D eigenvalue weighted by Crippen LogP contribution is -2.30. The van der Waals surface area contributed by atoms with Crippen LogP contribution in [-0.2, 0) is 9.75 Å².